The molecule has 1 aliphatic heterocycles. The van der Waals surface area contributed by atoms with Gasteiger partial charge in [0, 0.05) is 18.8 Å². The van der Waals surface area contributed by atoms with Crippen LogP contribution in [0.15, 0.2) is 84.0 Å². The van der Waals surface area contributed by atoms with Crippen LogP contribution in [0.2, 0.25) is 0 Å². The lowest BCUT2D eigenvalue weighted by Gasteiger charge is -2.34. The van der Waals surface area contributed by atoms with Gasteiger partial charge >= 0.3 is 0 Å². The molecular formula is C21H19N3O3S. The molecule has 0 saturated carbocycles. The third-order valence-electron chi connectivity index (χ3n) is 4.69. The summed E-state index contributed by atoms with van der Waals surface area (Å²) in [6, 6.07) is 18.6. The molecule has 3 aromatic rings. The van der Waals surface area contributed by atoms with Gasteiger partial charge in [-0.3, -0.25) is 9.78 Å². The number of nitrogens with zero attached hydrogens (tertiary/aromatic N) is 2. The lowest BCUT2D eigenvalue weighted by molar-refractivity contribution is -0.120. The van der Waals surface area contributed by atoms with Crippen LogP contribution in [0.4, 0.5) is 5.69 Å². The summed E-state index contributed by atoms with van der Waals surface area (Å²) in [6.45, 7) is 0.361. The van der Waals surface area contributed by atoms with Gasteiger partial charge in [-0.15, -0.1) is 0 Å². The van der Waals surface area contributed by atoms with Crippen molar-refractivity contribution in [2.75, 3.05) is 4.90 Å². The molecule has 4 rings (SSSR count). The van der Waals surface area contributed by atoms with Gasteiger partial charge in [-0.25, -0.2) is 8.42 Å². The first kappa shape index (κ1) is 18.3. The molecule has 1 aliphatic rings. The maximum atomic E-state index is 13.2. The Kier molecular flexibility index (Phi) is 4.93. The number of carbonyl (C=O) groups is 1. The third-order valence-corrected chi connectivity index (χ3v) is 6.18. The van der Waals surface area contributed by atoms with Crippen molar-refractivity contribution in [1.29, 1.82) is 0 Å². The van der Waals surface area contributed by atoms with E-state index in [1.807, 2.05) is 30.3 Å². The molecule has 0 aliphatic carbocycles. The smallest absolute Gasteiger partial charge is 0.245 e. The molecule has 7 heteroatoms. The van der Waals surface area contributed by atoms with E-state index in [-0.39, 0.29) is 17.2 Å². The molecule has 1 unspecified atom stereocenters. The van der Waals surface area contributed by atoms with Crippen LogP contribution < -0.4 is 9.62 Å². The Hall–Kier alpha value is -3.03. The molecule has 1 amide bonds. The predicted octanol–water partition coefficient (Wildman–Crippen LogP) is 2.52. The van der Waals surface area contributed by atoms with Gasteiger partial charge in [0.1, 0.15) is 6.04 Å². The number of pyridine rings is 1. The van der Waals surface area contributed by atoms with Crippen LogP contribution in [0, 0.1) is 0 Å². The number of fused-ring (bicyclic) bond motifs is 1. The fourth-order valence-electron chi connectivity index (χ4n) is 3.33. The maximum absolute atomic E-state index is 13.2. The minimum Gasteiger partial charge on any atom is -0.306 e. The second-order valence-corrected chi connectivity index (χ2v) is 8.32. The number of carbonyl (C=O) groups excluding carboxylic acids is 1. The SMILES string of the molecule is O=C1C(NS(=O)(=O)c2ccccc2)Cc2cnccc2N1Cc1ccccc1. The first-order chi connectivity index (χ1) is 13.5. The topological polar surface area (TPSA) is 79.4 Å². The molecule has 0 spiro atoms. The van der Waals surface area contributed by atoms with Crippen LogP contribution in [0.3, 0.4) is 0 Å². The van der Waals surface area contributed by atoms with Crippen LogP contribution >= 0.6 is 0 Å². The van der Waals surface area contributed by atoms with Gasteiger partial charge in [0.15, 0.2) is 0 Å². The van der Waals surface area contributed by atoms with E-state index in [9.17, 15) is 13.2 Å². The molecule has 0 bridgehead atoms. The van der Waals surface area contributed by atoms with Crippen LogP contribution in [0.1, 0.15) is 11.1 Å². The van der Waals surface area contributed by atoms with E-state index >= 15 is 0 Å². The first-order valence-electron chi connectivity index (χ1n) is 8.90. The van der Waals surface area contributed by atoms with E-state index in [1.54, 1.807) is 41.6 Å². The Bertz CT molecular complexity index is 1090. The minimum atomic E-state index is -3.81. The zero-order valence-corrected chi connectivity index (χ0v) is 15.8. The highest BCUT2D eigenvalue weighted by molar-refractivity contribution is 7.89. The molecule has 2 aromatic carbocycles. The van der Waals surface area contributed by atoms with Crippen molar-refractivity contribution in [3.63, 3.8) is 0 Å². The van der Waals surface area contributed by atoms with Crippen LogP contribution in [0.5, 0.6) is 0 Å². The normalized spacial score (nSPS) is 16.6. The van der Waals surface area contributed by atoms with Gasteiger partial charge in [0.05, 0.1) is 17.1 Å². The van der Waals surface area contributed by atoms with Crippen molar-refractivity contribution in [2.24, 2.45) is 0 Å². The van der Waals surface area contributed by atoms with E-state index < -0.39 is 16.1 Å². The Balaban J connectivity index is 1.66. The largest absolute Gasteiger partial charge is 0.306 e. The number of hydrogen-bond donors (Lipinski definition) is 1. The van der Waals surface area contributed by atoms with Gasteiger partial charge in [-0.05, 0) is 29.3 Å². The molecule has 6 nitrogen and oxygen atoms in total. The quantitative estimate of drug-likeness (QED) is 0.722. The van der Waals surface area contributed by atoms with Gasteiger partial charge in [-0.1, -0.05) is 48.5 Å². The Morgan fingerprint density at radius 2 is 1.68 bits per heavy atom. The average Bonchev–Trinajstić information content (AvgIpc) is 2.72. The van der Waals surface area contributed by atoms with Crippen molar-refractivity contribution in [3.8, 4) is 0 Å². The Morgan fingerprint density at radius 1 is 1.00 bits per heavy atom. The summed E-state index contributed by atoms with van der Waals surface area (Å²) in [4.78, 5) is 19.1. The number of rotatable bonds is 5. The summed E-state index contributed by atoms with van der Waals surface area (Å²) in [5.41, 5.74) is 2.56. The molecule has 1 N–H and O–H groups in total. The van der Waals surface area contributed by atoms with Gasteiger partial charge in [0.25, 0.3) is 0 Å². The fourth-order valence-corrected chi connectivity index (χ4v) is 4.54. The van der Waals surface area contributed by atoms with Crippen molar-refractivity contribution < 1.29 is 13.2 Å². The Morgan fingerprint density at radius 3 is 2.39 bits per heavy atom. The summed E-state index contributed by atoms with van der Waals surface area (Å²) in [7, 11) is -3.81. The third kappa shape index (κ3) is 3.67. The van der Waals surface area contributed by atoms with Crippen LogP contribution in [0.25, 0.3) is 0 Å². The summed E-state index contributed by atoms with van der Waals surface area (Å²) in [5, 5.41) is 0. The monoisotopic (exact) mass is 393 g/mol. The van der Waals surface area contributed by atoms with Crippen LogP contribution in [-0.2, 0) is 27.8 Å². The molecule has 2 heterocycles. The van der Waals surface area contributed by atoms with Crippen molar-refractivity contribution in [1.82, 2.24) is 9.71 Å². The van der Waals surface area contributed by atoms with E-state index in [0.717, 1.165) is 16.8 Å². The summed E-state index contributed by atoms with van der Waals surface area (Å²) in [5.74, 6) is -0.276. The molecule has 1 atom stereocenters. The number of anilines is 1. The summed E-state index contributed by atoms with van der Waals surface area (Å²) >= 11 is 0. The van der Waals surface area contributed by atoms with Gasteiger partial charge in [0.2, 0.25) is 15.9 Å². The molecule has 0 fully saturated rings. The number of amides is 1. The van der Waals surface area contributed by atoms with Crippen molar-refractivity contribution >= 4 is 21.6 Å². The van der Waals surface area contributed by atoms with E-state index in [1.165, 1.54) is 12.1 Å². The number of aromatic nitrogens is 1. The molecule has 142 valence electrons. The van der Waals surface area contributed by atoms with E-state index in [4.69, 9.17) is 0 Å². The lowest BCUT2D eigenvalue weighted by atomic mass is 9.99. The second-order valence-electron chi connectivity index (χ2n) is 6.61. The second kappa shape index (κ2) is 7.53. The molecule has 28 heavy (non-hydrogen) atoms. The lowest BCUT2D eigenvalue weighted by Crippen LogP contribution is -2.52. The highest BCUT2D eigenvalue weighted by atomic mass is 32.2. The average molecular weight is 393 g/mol. The van der Waals surface area contributed by atoms with Crippen LogP contribution in [-0.4, -0.2) is 25.4 Å². The number of sulfonamides is 1. The highest BCUT2D eigenvalue weighted by Gasteiger charge is 2.35. The standard InChI is InChI=1S/C21H19N3O3S/c25-21-19(23-28(26,27)18-9-5-2-6-10-18)13-17-14-22-12-11-20(17)24(21)15-16-7-3-1-4-8-16/h1-12,14,19,23H,13,15H2. The predicted molar refractivity (Wildman–Crippen MR) is 106 cm³/mol. The number of nitrogens with one attached hydrogen (secondary N) is 1. The fraction of sp³-hybridized carbons (Fsp3) is 0.143. The van der Waals surface area contributed by atoms with Crippen molar-refractivity contribution in [2.45, 2.75) is 23.9 Å². The molecule has 0 saturated heterocycles. The molecule has 0 radical (unpaired) electrons. The Labute approximate surface area is 163 Å². The zero-order valence-electron chi connectivity index (χ0n) is 15.0. The highest BCUT2D eigenvalue weighted by Crippen LogP contribution is 2.29. The molecular weight excluding hydrogens is 374 g/mol. The maximum Gasteiger partial charge on any atom is 0.245 e. The first-order valence-corrected chi connectivity index (χ1v) is 10.4. The minimum absolute atomic E-state index is 0.134. The number of benzene rings is 2. The van der Waals surface area contributed by atoms with Gasteiger partial charge < -0.3 is 4.90 Å². The zero-order chi connectivity index (χ0) is 19.6. The van der Waals surface area contributed by atoms with Crippen molar-refractivity contribution in [3.05, 3.63) is 90.3 Å². The van der Waals surface area contributed by atoms with Gasteiger partial charge in [-0.2, -0.15) is 4.72 Å². The molecule has 1 aromatic heterocycles. The summed E-state index contributed by atoms with van der Waals surface area (Å²) < 4.78 is 28.0. The summed E-state index contributed by atoms with van der Waals surface area (Å²) in [6.07, 6.45) is 3.58. The van der Waals surface area contributed by atoms with E-state index in [2.05, 4.69) is 9.71 Å². The van der Waals surface area contributed by atoms with E-state index in [0.29, 0.717) is 6.54 Å². The number of hydrogen-bond acceptors (Lipinski definition) is 4.